The van der Waals surface area contributed by atoms with Crippen molar-refractivity contribution in [1.29, 1.82) is 0 Å². The summed E-state index contributed by atoms with van der Waals surface area (Å²) in [6, 6.07) is 4.44. The molecule has 1 aromatic rings. The molecule has 0 unspecified atom stereocenters. The van der Waals surface area contributed by atoms with E-state index >= 15 is 0 Å². The molecule has 2 N–H and O–H groups in total. The van der Waals surface area contributed by atoms with Gasteiger partial charge in [0.25, 0.3) is 0 Å². The van der Waals surface area contributed by atoms with Gasteiger partial charge in [-0.15, -0.1) is 0 Å². The molecule has 1 aliphatic carbocycles. The summed E-state index contributed by atoms with van der Waals surface area (Å²) in [7, 11) is 0. The van der Waals surface area contributed by atoms with Crippen LogP contribution in [0.4, 0.5) is 5.69 Å². The van der Waals surface area contributed by atoms with Crippen LogP contribution in [0.25, 0.3) is 0 Å². The van der Waals surface area contributed by atoms with Crippen molar-refractivity contribution in [2.45, 2.75) is 46.1 Å². The molecule has 0 heterocycles. The van der Waals surface area contributed by atoms with Crippen LogP contribution in [-0.4, -0.2) is 24.6 Å². The predicted octanol–water partition coefficient (Wildman–Crippen LogP) is 4.08. The molecule has 0 saturated heterocycles. The van der Waals surface area contributed by atoms with Crippen LogP contribution >= 0.6 is 11.6 Å². The minimum absolute atomic E-state index is 0.110. The van der Waals surface area contributed by atoms with Crippen LogP contribution in [0.3, 0.4) is 0 Å². The van der Waals surface area contributed by atoms with Crippen molar-refractivity contribution in [3.8, 4) is 0 Å². The summed E-state index contributed by atoms with van der Waals surface area (Å²) < 4.78 is 10.6. The Morgan fingerprint density at radius 2 is 2.04 bits per heavy atom. The minimum Gasteiger partial charge on any atom is -0.460 e. The van der Waals surface area contributed by atoms with Crippen molar-refractivity contribution in [3.05, 3.63) is 28.8 Å². The van der Waals surface area contributed by atoms with Gasteiger partial charge in [-0.3, -0.25) is 0 Å². The van der Waals surface area contributed by atoms with E-state index in [4.69, 9.17) is 26.8 Å². The molecule has 0 amide bonds. The number of esters is 2. The number of carbonyl (C=O) groups excluding carboxylic acids is 2. The fourth-order valence-corrected chi connectivity index (χ4v) is 3.45. The molecular weight excluding hydrogens is 342 g/mol. The first-order chi connectivity index (χ1) is 11.8. The number of halogens is 1. The van der Waals surface area contributed by atoms with Crippen LogP contribution in [-0.2, 0) is 14.3 Å². The van der Waals surface area contributed by atoms with E-state index in [1.807, 2.05) is 0 Å². The summed E-state index contributed by atoms with van der Waals surface area (Å²) in [6.07, 6.45) is 2.96. The third-order valence-corrected chi connectivity index (χ3v) is 5.14. The Morgan fingerprint density at radius 3 is 2.68 bits per heavy atom. The number of hydrogen-bond acceptors (Lipinski definition) is 5. The van der Waals surface area contributed by atoms with E-state index in [-0.39, 0.29) is 17.4 Å². The highest BCUT2D eigenvalue weighted by molar-refractivity contribution is 6.33. The molecule has 3 atom stereocenters. The van der Waals surface area contributed by atoms with Gasteiger partial charge in [-0.2, -0.15) is 0 Å². The van der Waals surface area contributed by atoms with Gasteiger partial charge >= 0.3 is 11.9 Å². The molecule has 0 bridgehead atoms. The summed E-state index contributed by atoms with van der Waals surface area (Å²) in [5, 5.41) is 0.363. The highest BCUT2D eigenvalue weighted by Gasteiger charge is 2.33. The molecule has 1 aromatic carbocycles. The Labute approximate surface area is 153 Å². The zero-order valence-electron chi connectivity index (χ0n) is 15.0. The lowest BCUT2D eigenvalue weighted by Crippen LogP contribution is -2.36. The normalized spacial score (nSPS) is 23.3. The number of carbonyl (C=O) groups is 2. The van der Waals surface area contributed by atoms with E-state index in [1.54, 1.807) is 0 Å². The summed E-state index contributed by atoms with van der Waals surface area (Å²) in [4.78, 5) is 24.1. The molecule has 2 rings (SSSR count). The standard InChI is InChI=1S/C19H26ClNO4/c1-11(2)14-6-4-12(3)8-17(14)25-18(22)10-24-19(23)13-5-7-15(20)16(21)9-13/h5,7,9,11-12,14,17H,4,6,8,10,21H2,1-3H3/t12-,14+,17-/m1/s1. The molecule has 0 aromatic heterocycles. The van der Waals surface area contributed by atoms with Gasteiger partial charge in [0.15, 0.2) is 6.61 Å². The third kappa shape index (κ3) is 5.36. The summed E-state index contributed by atoms with van der Waals surface area (Å²) in [6.45, 7) is 6.05. The fourth-order valence-electron chi connectivity index (χ4n) is 3.33. The molecule has 6 heteroatoms. The molecule has 5 nitrogen and oxygen atoms in total. The van der Waals surface area contributed by atoms with Gasteiger partial charge in [0.2, 0.25) is 0 Å². The largest absolute Gasteiger partial charge is 0.460 e. The van der Waals surface area contributed by atoms with Crippen LogP contribution < -0.4 is 5.73 Å². The monoisotopic (exact) mass is 367 g/mol. The van der Waals surface area contributed by atoms with Gasteiger partial charge in [0, 0.05) is 0 Å². The Morgan fingerprint density at radius 1 is 1.32 bits per heavy atom. The van der Waals surface area contributed by atoms with Crippen molar-refractivity contribution in [3.63, 3.8) is 0 Å². The first-order valence-corrected chi connectivity index (χ1v) is 9.07. The lowest BCUT2D eigenvalue weighted by Gasteiger charge is -2.36. The Balaban J connectivity index is 1.88. The van der Waals surface area contributed by atoms with E-state index in [0.717, 1.165) is 19.3 Å². The summed E-state index contributed by atoms with van der Waals surface area (Å²) in [5.41, 5.74) is 6.20. The number of rotatable bonds is 5. The van der Waals surface area contributed by atoms with Gasteiger partial charge in [0.05, 0.1) is 16.3 Å². The lowest BCUT2D eigenvalue weighted by molar-refractivity contribution is -0.159. The van der Waals surface area contributed by atoms with Gasteiger partial charge in [-0.1, -0.05) is 38.8 Å². The number of nitrogen functional groups attached to an aromatic ring is 1. The Hall–Kier alpha value is -1.75. The van der Waals surface area contributed by atoms with Gasteiger partial charge < -0.3 is 15.2 Å². The molecule has 138 valence electrons. The van der Waals surface area contributed by atoms with Gasteiger partial charge in [0.1, 0.15) is 6.10 Å². The maximum atomic E-state index is 12.1. The average molecular weight is 368 g/mol. The van der Waals surface area contributed by atoms with Crippen LogP contribution in [0.1, 0.15) is 50.4 Å². The number of nitrogens with two attached hydrogens (primary N) is 1. The molecular formula is C19H26ClNO4. The van der Waals surface area contributed by atoms with Crippen molar-refractivity contribution in [2.75, 3.05) is 12.3 Å². The van der Waals surface area contributed by atoms with E-state index in [2.05, 4.69) is 20.8 Å². The zero-order valence-corrected chi connectivity index (χ0v) is 15.7. The second-order valence-corrected chi connectivity index (χ2v) is 7.57. The second-order valence-electron chi connectivity index (χ2n) is 7.17. The highest BCUT2D eigenvalue weighted by Crippen LogP contribution is 2.35. The fraction of sp³-hybridized carbons (Fsp3) is 0.579. The summed E-state index contributed by atoms with van der Waals surface area (Å²) >= 11 is 5.82. The smallest absolute Gasteiger partial charge is 0.344 e. The summed E-state index contributed by atoms with van der Waals surface area (Å²) in [5.74, 6) is 0.196. The van der Waals surface area contributed by atoms with Gasteiger partial charge in [-0.05, 0) is 48.8 Å². The van der Waals surface area contributed by atoms with Crippen LogP contribution in [0.5, 0.6) is 0 Å². The predicted molar refractivity (Wildman–Crippen MR) is 97.4 cm³/mol. The Kier molecular flexibility index (Phi) is 6.71. The van der Waals surface area contributed by atoms with E-state index in [1.165, 1.54) is 18.2 Å². The molecule has 0 spiro atoms. The topological polar surface area (TPSA) is 78.6 Å². The number of hydrogen-bond donors (Lipinski definition) is 1. The van der Waals surface area contributed by atoms with Crippen LogP contribution in [0.2, 0.25) is 5.02 Å². The van der Waals surface area contributed by atoms with E-state index < -0.39 is 18.5 Å². The van der Waals surface area contributed by atoms with Crippen molar-refractivity contribution in [1.82, 2.24) is 0 Å². The molecule has 1 aliphatic rings. The van der Waals surface area contributed by atoms with Crippen molar-refractivity contribution < 1.29 is 19.1 Å². The maximum absolute atomic E-state index is 12.1. The first-order valence-electron chi connectivity index (χ1n) is 8.69. The van der Waals surface area contributed by atoms with Crippen LogP contribution in [0, 0.1) is 17.8 Å². The zero-order chi connectivity index (χ0) is 18.6. The quantitative estimate of drug-likeness (QED) is 0.626. The minimum atomic E-state index is -0.627. The maximum Gasteiger partial charge on any atom is 0.344 e. The van der Waals surface area contributed by atoms with Crippen LogP contribution in [0.15, 0.2) is 18.2 Å². The molecule has 25 heavy (non-hydrogen) atoms. The lowest BCUT2D eigenvalue weighted by atomic mass is 9.75. The highest BCUT2D eigenvalue weighted by atomic mass is 35.5. The third-order valence-electron chi connectivity index (χ3n) is 4.80. The van der Waals surface area contributed by atoms with E-state index in [9.17, 15) is 9.59 Å². The molecule has 1 fully saturated rings. The molecule has 1 saturated carbocycles. The van der Waals surface area contributed by atoms with Crippen molar-refractivity contribution in [2.24, 2.45) is 17.8 Å². The van der Waals surface area contributed by atoms with Crippen molar-refractivity contribution >= 4 is 29.2 Å². The first kappa shape index (κ1) is 19.6. The Bertz CT molecular complexity index is 632. The number of ether oxygens (including phenoxy) is 2. The second kappa shape index (κ2) is 8.56. The SMILES string of the molecule is CC(C)[C@@H]1CC[C@@H](C)C[C@H]1OC(=O)COC(=O)c1ccc(Cl)c(N)c1. The molecule has 0 radical (unpaired) electrons. The average Bonchev–Trinajstić information content (AvgIpc) is 2.55. The number of benzene rings is 1. The molecule has 0 aliphatic heterocycles. The van der Waals surface area contributed by atoms with E-state index in [0.29, 0.717) is 22.8 Å². The number of anilines is 1. The van der Waals surface area contributed by atoms with Gasteiger partial charge in [-0.25, -0.2) is 9.59 Å².